The molecule has 8 heteroatoms. The second-order valence-corrected chi connectivity index (χ2v) is 7.10. The highest BCUT2D eigenvalue weighted by molar-refractivity contribution is 7.92. The molecule has 26 heavy (non-hydrogen) atoms. The van der Waals surface area contributed by atoms with Crippen molar-refractivity contribution < 1.29 is 17.4 Å². The van der Waals surface area contributed by atoms with Gasteiger partial charge in [0.1, 0.15) is 23.9 Å². The van der Waals surface area contributed by atoms with Gasteiger partial charge in [0.2, 0.25) is 0 Å². The maximum absolute atomic E-state index is 12.5. The smallest absolute Gasteiger partial charge is 0.309 e. The first-order chi connectivity index (χ1) is 12.6. The van der Waals surface area contributed by atoms with E-state index in [2.05, 4.69) is 14.9 Å². The minimum atomic E-state index is -3.82. The van der Waals surface area contributed by atoms with E-state index in [1.54, 1.807) is 18.2 Å². The van der Waals surface area contributed by atoms with Crippen LogP contribution in [0.15, 0.2) is 87.0 Å². The summed E-state index contributed by atoms with van der Waals surface area (Å²) in [5.74, 6) is 0. The number of oxazole rings is 1. The van der Waals surface area contributed by atoms with Crippen molar-refractivity contribution in [3.8, 4) is 22.5 Å². The van der Waals surface area contributed by atoms with E-state index in [1.807, 2.05) is 30.3 Å². The summed E-state index contributed by atoms with van der Waals surface area (Å²) in [5, 5.41) is 3.81. The Hall–Kier alpha value is -3.39. The van der Waals surface area contributed by atoms with E-state index in [9.17, 15) is 8.42 Å². The van der Waals surface area contributed by atoms with Crippen LogP contribution in [0.4, 0.5) is 6.01 Å². The highest BCUT2D eigenvalue weighted by atomic mass is 32.2. The van der Waals surface area contributed by atoms with Gasteiger partial charge in [-0.15, -0.1) is 0 Å². The molecule has 2 aromatic carbocycles. The minimum Gasteiger partial charge on any atom is -0.431 e. The van der Waals surface area contributed by atoms with E-state index in [4.69, 9.17) is 8.94 Å². The molecule has 2 heterocycles. The molecule has 2 aromatic heterocycles. The average Bonchev–Trinajstić information content (AvgIpc) is 3.34. The van der Waals surface area contributed by atoms with Gasteiger partial charge in [-0.3, -0.25) is 0 Å². The Morgan fingerprint density at radius 3 is 2.27 bits per heavy atom. The van der Waals surface area contributed by atoms with Crippen LogP contribution in [0.25, 0.3) is 22.5 Å². The lowest BCUT2D eigenvalue weighted by Gasteiger charge is -2.05. The number of nitrogens with one attached hydrogen (secondary N) is 1. The van der Waals surface area contributed by atoms with E-state index in [-0.39, 0.29) is 10.9 Å². The SMILES string of the molecule is O=S(=O)(Nc1nc(-c2ccccc2)co1)c1ccc(-c2ccon2)cc1. The Morgan fingerprint density at radius 2 is 1.58 bits per heavy atom. The molecular weight excluding hydrogens is 354 g/mol. The number of sulfonamides is 1. The van der Waals surface area contributed by atoms with Gasteiger partial charge in [-0.05, 0) is 12.1 Å². The molecule has 7 nitrogen and oxygen atoms in total. The predicted molar refractivity (Wildman–Crippen MR) is 94.7 cm³/mol. The third-order valence-electron chi connectivity index (χ3n) is 3.69. The molecule has 0 saturated carbocycles. The molecule has 130 valence electrons. The zero-order valence-electron chi connectivity index (χ0n) is 13.4. The monoisotopic (exact) mass is 367 g/mol. The van der Waals surface area contributed by atoms with Crippen molar-refractivity contribution in [2.75, 3.05) is 4.72 Å². The van der Waals surface area contributed by atoms with Crippen LogP contribution in [0.5, 0.6) is 0 Å². The Labute approximate surface area is 149 Å². The number of benzene rings is 2. The molecule has 0 radical (unpaired) electrons. The van der Waals surface area contributed by atoms with E-state index in [0.717, 1.165) is 11.1 Å². The van der Waals surface area contributed by atoms with Crippen molar-refractivity contribution in [1.29, 1.82) is 0 Å². The lowest BCUT2D eigenvalue weighted by atomic mass is 10.2. The van der Waals surface area contributed by atoms with Gasteiger partial charge in [-0.1, -0.05) is 47.6 Å². The maximum Gasteiger partial charge on any atom is 0.309 e. The van der Waals surface area contributed by atoms with E-state index >= 15 is 0 Å². The fourth-order valence-electron chi connectivity index (χ4n) is 2.40. The zero-order chi connectivity index (χ0) is 18.0. The third-order valence-corrected chi connectivity index (χ3v) is 5.03. The number of nitrogens with zero attached hydrogens (tertiary/aromatic N) is 2. The number of hydrogen-bond acceptors (Lipinski definition) is 6. The lowest BCUT2D eigenvalue weighted by molar-refractivity contribution is 0.422. The van der Waals surface area contributed by atoms with Crippen LogP contribution in [0.1, 0.15) is 0 Å². The standard InChI is InChI=1S/C18H13N3O4S/c22-26(23,15-8-6-14(7-9-15)16-10-11-25-20-16)21-18-19-17(12-24-18)13-4-2-1-3-5-13/h1-12H,(H,19,21). The van der Waals surface area contributed by atoms with Crippen molar-refractivity contribution in [1.82, 2.24) is 10.1 Å². The molecule has 0 aliphatic heterocycles. The fourth-order valence-corrected chi connectivity index (χ4v) is 3.34. The molecule has 0 aliphatic carbocycles. The van der Waals surface area contributed by atoms with E-state index in [1.165, 1.54) is 24.7 Å². The molecule has 0 aliphatic rings. The van der Waals surface area contributed by atoms with Crippen LogP contribution in [0.3, 0.4) is 0 Å². The summed E-state index contributed by atoms with van der Waals surface area (Å²) in [6.07, 6.45) is 2.86. The molecule has 4 rings (SSSR count). The van der Waals surface area contributed by atoms with E-state index < -0.39 is 10.0 Å². The maximum atomic E-state index is 12.5. The molecule has 0 saturated heterocycles. The number of rotatable bonds is 5. The molecule has 1 N–H and O–H groups in total. The average molecular weight is 367 g/mol. The number of aromatic nitrogens is 2. The molecule has 0 bridgehead atoms. The highest BCUT2D eigenvalue weighted by Gasteiger charge is 2.18. The molecule has 0 atom stereocenters. The third kappa shape index (κ3) is 3.22. The Balaban J connectivity index is 1.55. The first kappa shape index (κ1) is 16.1. The fraction of sp³-hybridized carbons (Fsp3) is 0. The summed E-state index contributed by atoms with van der Waals surface area (Å²) >= 11 is 0. The van der Waals surface area contributed by atoms with Gasteiger partial charge >= 0.3 is 6.01 Å². The summed E-state index contributed by atoms with van der Waals surface area (Å²) in [6.45, 7) is 0. The predicted octanol–water partition coefficient (Wildman–Crippen LogP) is 3.80. The van der Waals surface area contributed by atoms with Crippen LogP contribution in [-0.2, 0) is 10.0 Å². The van der Waals surface area contributed by atoms with Crippen LogP contribution >= 0.6 is 0 Å². The Morgan fingerprint density at radius 1 is 0.846 bits per heavy atom. The van der Waals surface area contributed by atoms with Crippen molar-refractivity contribution >= 4 is 16.0 Å². The van der Waals surface area contributed by atoms with Crippen LogP contribution < -0.4 is 4.72 Å². The number of hydrogen-bond donors (Lipinski definition) is 1. The molecule has 0 spiro atoms. The van der Waals surface area contributed by atoms with Gasteiger partial charge < -0.3 is 8.94 Å². The molecule has 4 aromatic rings. The molecule has 0 amide bonds. The van der Waals surface area contributed by atoms with Crippen LogP contribution in [0, 0.1) is 0 Å². The second-order valence-electron chi connectivity index (χ2n) is 5.42. The topological polar surface area (TPSA) is 98.2 Å². The van der Waals surface area contributed by atoms with Crippen LogP contribution in [0.2, 0.25) is 0 Å². The van der Waals surface area contributed by atoms with Gasteiger partial charge in [0.15, 0.2) is 0 Å². The lowest BCUT2D eigenvalue weighted by Crippen LogP contribution is -2.13. The van der Waals surface area contributed by atoms with Gasteiger partial charge in [-0.25, -0.2) is 13.1 Å². The van der Waals surface area contributed by atoms with Gasteiger partial charge in [0, 0.05) is 17.2 Å². The normalized spacial score (nSPS) is 11.4. The Bertz CT molecular complexity index is 1100. The van der Waals surface area contributed by atoms with Gasteiger partial charge in [0.25, 0.3) is 10.0 Å². The van der Waals surface area contributed by atoms with Crippen LogP contribution in [-0.4, -0.2) is 18.6 Å². The van der Waals surface area contributed by atoms with Gasteiger partial charge in [0.05, 0.1) is 4.90 Å². The van der Waals surface area contributed by atoms with E-state index in [0.29, 0.717) is 11.4 Å². The van der Waals surface area contributed by atoms with Crippen molar-refractivity contribution in [3.05, 3.63) is 73.2 Å². The van der Waals surface area contributed by atoms with Gasteiger partial charge in [-0.2, -0.15) is 4.98 Å². The minimum absolute atomic E-state index is 0.0872. The quantitative estimate of drug-likeness (QED) is 0.576. The van der Waals surface area contributed by atoms with Crippen molar-refractivity contribution in [3.63, 3.8) is 0 Å². The summed E-state index contributed by atoms with van der Waals surface area (Å²) in [7, 11) is -3.82. The molecular formula is C18H13N3O4S. The number of anilines is 1. The Kier molecular flexibility index (Phi) is 4.02. The van der Waals surface area contributed by atoms with Crippen molar-refractivity contribution in [2.45, 2.75) is 4.90 Å². The highest BCUT2D eigenvalue weighted by Crippen LogP contribution is 2.23. The second kappa shape index (κ2) is 6.49. The molecule has 0 unspecified atom stereocenters. The largest absolute Gasteiger partial charge is 0.431 e. The summed E-state index contributed by atoms with van der Waals surface area (Å²) < 4.78 is 37.4. The first-order valence-corrected chi connectivity index (χ1v) is 9.15. The van der Waals surface area contributed by atoms with Crippen molar-refractivity contribution in [2.24, 2.45) is 0 Å². The first-order valence-electron chi connectivity index (χ1n) is 7.66. The summed E-state index contributed by atoms with van der Waals surface area (Å²) in [4.78, 5) is 4.26. The summed E-state index contributed by atoms with van der Waals surface area (Å²) in [6, 6.07) is 17.2. The molecule has 0 fully saturated rings. The summed E-state index contributed by atoms with van der Waals surface area (Å²) in [5.41, 5.74) is 2.76. The zero-order valence-corrected chi connectivity index (χ0v) is 14.2.